The number of carbonyl (C=O) groups excluding carboxylic acids is 3. The van der Waals surface area contributed by atoms with Crippen molar-refractivity contribution >= 4 is 39.4 Å². The van der Waals surface area contributed by atoms with Crippen LogP contribution in [0.1, 0.15) is 20.3 Å². The number of nitrogens with one attached hydrogen (secondary N) is 1. The maximum atomic E-state index is 12.9. The van der Waals surface area contributed by atoms with Gasteiger partial charge in [-0.2, -0.15) is 8.42 Å². The molecule has 1 atom stereocenters. The molecule has 2 aliphatic rings. The molecule has 1 saturated heterocycles. The number of rotatable bonds is 4. The SMILES string of the molecule is CC(C)CCN1C(=O)C(C2=NS(=O)(=O)c3ccccc3N2)C(=O)N(C)C1=O. The van der Waals surface area contributed by atoms with Crippen LogP contribution >= 0.6 is 0 Å². The van der Waals surface area contributed by atoms with Gasteiger partial charge in [0.2, 0.25) is 0 Å². The number of imide groups is 2. The lowest BCUT2D eigenvalue weighted by atomic mass is 10.0. The van der Waals surface area contributed by atoms with E-state index in [2.05, 4.69) is 9.71 Å². The minimum absolute atomic E-state index is 0.0365. The van der Waals surface area contributed by atoms with Crippen LogP contribution in [0.15, 0.2) is 33.6 Å². The number of amidine groups is 1. The summed E-state index contributed by atoms with van der Waals surface area (Å²) in [6.45, 7) is 4.03. The molecule has 0 aromatic heterocycles. The summed E-state index contributed by atoms with van der Waals surface area (Å²) >= 11 is 0. The minimum Gasteiger partial charge on any atom is -0.341 e. The number of hydrogen-bond donors (Lipinski definition) is 1. The van der Waals surface area contributed by atoms with E-state index in [4.69, 9.17) is 0 Å². The van der Waals surface area contributed by atoms with E-state index in [1.807, 2.05) is 13.8 Å². The monoisotopic (exact) mass is 392 g/mol. The summed E-state index contributed by atoms with van der Waals surface area (Å²) in [7, 11) is -2.80. The fraction of sp³-hybridized carbons (Fsp3) is 0.412. The van der Waals surface area contributed by atoms with E-state index in [1.165, 1.54) is 19.2 Å². The number of urea groups is 1. The van der Waals surface area contributed by atoms with Gasteiger partial charge >= 0.3 is 6.03 Å². The molecule has 1 aromatic rings. The third kappa shape index (κ3) is 3.32. The largest absolute Gasteiger partial charge is 0.341 e. The van der Waals surface area contributed by atoms with Crippen LogP contribution in [-0.2, 0) is 19.6 Å². The van der Waals surface area contributed by atoms with Crippen LogP contribution in [0.2, 0.25) is 0 Å². The predicted octanol–water partition coefficient (Wildman–Crippen LogP) is 1.28. The molecule has 0 bridgehead atoms. The van der Waals surface area contributed by atoms with Gasteiger partial charge in [-0.3, -0.25) is 19.4 Å². The van der Waals surface area contributed by atoms with Crippen molar-refractivity contribution in [2.75, 3.05) is 18.9 Å². The zero-order valence-corrected chi connectivity index (χ0v) is 16.0. The Bertz CT molecular complexity index is 954. The summed E-state index contributed by atoms with van der Waals surface area (Å²) in [5.41, 5.74) is 0.233. The van der Waals surface area contributed by atoms with Crippen LogP contribution < -0.4 is 5.32 Å². The quantitative estimate of drug-likeness (QED) is 0.772. The van der Waals surface area contributed by atoms with Crippen LogP contribution in [0.3, 0.4) is 0 Å². The predicted molar refractivity (Wildman–Crippen MR) is 97.5 cm³/mol. The van der Waals surface area contributed by atoms with Gasteiger partial charge < -0.3 is 5.32 Å². The maximum Gasteiger partial charge on any atom is 0.333 e. The zero-order chi connectivity index (χ0) is 19.9. The van der Waals surface area contributed by atoms with Crippen LogP contribution in [0, 0.1) is 11.8 Å². The van der Waals surface area contributed by atoms with E-state index in [0.29, 0.717) is 6.42 Å². The van der Waals surface area contributed by atoms with Gasteiger partial charge in [0.25, 0.3) is 21.8 Å². The summed E-state index contributed by atoms with van der Waals surface area (Å²) in [6, 6.07) is 5.36. The molecule has 2 heterocycles. The number of para-hydroxylation sites is 1. The van der Waals surface area contributed by atoms with E-state index < -0.39 is 33.8 Å². The fourth-order valence-corrected chi connectivity index (χ4v) is 4.07. The smallest absolute Gasteiger partial charge is 0.333 e. The number of anilines is 1. The fourth-order valence-electron chi connectivity index (χ4n) is 2.91. The molecule has 2 aliphatic heterocycles. The average molecular weight is 392 g/mol. The molecule has 144 valence electrons. The molecule has 0 saturated carbocycles. The number of benzene rings is 1. The second-order valence-corrected chi connectivity index (χ2v) is 8.43. The van der Waals surface area contributed by atoms with E-state index >= 15 is 0 Å². The normalized spacial score (nSPS) is 21.9. The van der Waals surface area contributed by atoms with Gasteiger partial charge in [-0.25, -0.2) is 4.79 Å². The first-order valence-corrected chi connectivity index (χ1v) is 9.91. The van der Waals surface area contributed by atoms with Crippen molar-refractivity contribution in [3.63, 3.8) is 0 Å². The second kappa shape index (κ2) is 6.76. The number of fused-ring (bicyclic) bond motifs is 1. The summed E-state index contributed by atoms with van der Waals surface area (Å²) in [4.78, 5) is 39.6. The Labute approximate surface area is 157 Å². The van der Waals surface area contributed by atoms with Crippen LogP contribution in [-0.4, -0.2) is 55.5 Å². The Hall–Kier alpha value is -2.75. The van der Waals surface area contributed by atoms with Gasteiger partial charge in [0.05, 0.1) is 5.69 Å². The number of amides is 4. The molecule has 3 rings (SSSR count). The molecule has 9 nitrogen and oxygen atoms in total. The number of sulfonamides is 1. The van der Waals surface area contributed by atoms with E-state index in [1.54, 1.807) is 12.1 Å². The standard InChI is InChI=1S/C17H20N4O5S/c1-10(2)8-9-21-16(23)13(15(22)20(3)17(21)24)14-18-11-6-4-5-7-12(11)27(25,26)19-14/h4-7,10,13H,8-9H2,1-3H3,(H,18,19). The van der Waals surface area contributed by atoms with E-state index in [9.17, 15) is 22.8 Å². The van der Waals surface area contributed by atoms with E-state index in [-0.39, 0.29) is 28.9 Å². The number of barbiturate groups is 1. The molecule has 1 fully saturated rings. The Balaban J connectivity index is 2.00. The highest BCUT2D eigenvalue weighted by molar-refractivity contribution is 7.90. The summed E-state index contributed by atoms with van der Waals surface area (Å²) in [5.74, 6) is -3.15. The topological polar surface area (TPSA) is 116 Å². The van der Waals surface area contributed by atoms with E-state index in [0.717, 1.165) is 9.80 Å². The lowest BCUT2D eigenvalue weighted by molar-refractivity contribution is -0.145. The summed E-state index contributed by atoms with van der Waals surface area (Å²) in [5, 5.41) is 2.77. The van der Waals surface area contributed by atoms with Gasteiger partial charge in [-0.1, -0.05) is 26.0 Å². The molecule has 1 unspecified atom stereocenters. The van der Waals surface area contributed by atoms with Gasteiger partial charge in [0.15, 0.2) is 5.92 Å². The van der Waals surface area contributed by atoms with Crippen molar-refractivity contribution in [2.24, 2.45) is 16.2 Å². The first-order valence-electron chi connectivity index (χ1n) is 8.47. The number of hydrogen-bond acceptors (Lipinski definition) is 6. The molecule has 0 aliphatic carbocycles. The summed E-state index contributed by atoms with van der Waals surface area (Å²) < 4.78 is 28.5. The average Bonchev–Trinajstić information content (AvgIpc) is 2.59. The van der Waals surface area contributed by atoms with Gasteiger partial charge in [-0.05, 0) is 24.5 Å². The zero-order valence-electron chi connectivity index (χ0n) is 15.2. The number of nitrogens with zero attached hydrogens (tertiary/aromatic N) is 3. The van der Waals surface area contributed by atoms with Crippen molar-refractivity contribution in [3.05, 3.63) is 24.3 Å². The van der Waals surface area contributed by atoms with Crippen molar-refractivity contribution < 1.29 is 22.8 Å². The third-order valence-corrected chi connectivity index (χ3v) is 5.81. The van der Waals surface area contributed by atoms with Crippen molar-refractivity contribution in [2.45, 2.75) is 25.2 Å². The Morgan fingerprint density at radius 3 is 2.48 bits per heavy atom. The Kier molecular flexibility index (Phi) is 4.77. The molecule has 4 amide bonds. The minimum atomic E-state index is -4.06. The highest BCUT2D eigenvalue weighted by Gasteiger charge is 2.48. The molecule has 1 N–H and O–H groups in total. The van der Waals surface area contributed by atoms with Crippen LogP contribution in [0.25, 0.3) is 0 Å². The third-order valence-electron chi connectivity index (χ3n) is 4.46. The molecule has 0 spiro atoms. The molecule has 27 heavy (non-hydrogen) atoms. The molecular formula is C17H20N4O5S. The Morgan fingerprint density at radius 2 is 1.81 bits per heavy atom. The van der Waals surface area contributed by atoms with Crippen molar-refractivity contribution in [3.8, 4) is 0 Å². The first-order chi connectivity index (χ1) is 12.6. The number of carbonyl (C=O) groups is 3. The second-order valence-electron chi connectivity index (χ2n) is 6.86. The van der Waals surface area contributed by atoms with Gasteiger partial charge in [-0.15, -0.1) is 4.40 Å². The lowest BCUT2D eigenvalue weighted by Gasteiger charge is -2.36. The molecule has 0 radical (unpaired) electrons. The highest BCUT2D eigenvalue weighted by Crippen LogP contribution is 2.30. The Morgan fingerprint density at radius 1 is 1.15 bits per heavy atom. The van der Waals surface area contributed by atoms with Gasteiger partial charge in [0, 0.05) is 13.6 Å². The molecule has 10 heteroatoms. The highest BCUT2D eigenvalue weighted by atomic mass is 32.2. The first kappa shape index (κ1) is 19.0. The van der Waals surface area contributed by atoms with Crippen LogP contribution in [0.5, 0.6) is 0 Å². The van der Waals surface area contributed by atoms with Crippen LogP contribution in [0.4, 0.5) is 10.5 Å². The summed E-state index contributed by atoms with van der Waals surface area (Å²) in [6.07, 6.45) is 0.563. The van der Waals surface area contributed by atoms with Crippen molar-refractivity contribution in [1.29, 1.82) is 0 Å². The lowest BCUT2D eigenvalue weighted by Crippen LogP contribution is -2.61. The molecular weight excluding hydrogens is 372 g/mol. The van der Waals surface area contributed by atoms with Gasteiger partial charge in [0.1, 0.15) is 10.7 Å². The maximum absolute atomic E-state index is 12.9. The molecule has 1 aromatic carbocycles. The van der Waals surface area contributed by atoms with Crippen molar-refractivity contribution in [1.82, 2.24) is 9.80 Å².